The molecule has 2 aromatic heterocycles. The monoisotopic (exact) mass is 349 g/mol. The van der Waals surface area contributed by atoms with Crippen molar-refractivity contribution in [2.45, 2.75) is 39.7 Å². The summed E-state index contributed by atoms with van der Waals surface area (Å²) in [7, 11) is 0. The third kappa shape index (κ3) is 2.94. The second-order valence-corrected chi connectivity index (χ2v) is 7.74. The van der Waals surface area contributed by atoms with Gasteiger partial charge in [0.05, 0.1) is 29.4 Å². The van der Waals surface area contributed by atoms with E-state index in [1.807, 2.05) is 29.8 Å². The van der Waals surface area contributed by atoms with Crippen molar-refractivity contribution in [3.8, 4) is 5.69 Å². The molecular weight excluding hydrogens is 326 g/mol. The Kier molecular flexibility index (Phi) is 3.94. The van der Waals surface area contributed by atoms with Crippen molar-refractivity contribution in [1.29, 1.82) is 0 Å². The Balaban J connectivity index is 1.75. The van der Waals surface area contributed by atoms with Gasteiger partial charge in [0.1, 0.15) is 0 Å². The smallest absolute Gasteiger partial charge is 0.287 e. The summed E-state index contributed by atoms with van der Waals surface area (Å²) >= 11 is 0. The van der Waals surface area contributed by atoms with E-state index in [1.165, 1.54) is 12.0 Å². The van der Waals surface area contributed by atoms with E-state index < -0.39 is 0 Å². The molecule has 134 valence electrons. The van der Waals surface area contributed by atoms with Crippen molar-refractivity contribution in [2.24, 2.45) is 5.41 Å². The lowest BCUT2D eigenvalue weighted by molar-refractivity contribution is 0.0891. The first-order valence-electron chi connectivity index (χ1n) is 8.93. The molecule has 0 aliphatic heterocycles. The highest BCUT2D eigenvalue weighted by Crippen LogP contribution is 2.42. The summed E-state index contributed by atoms with van der Waals surface area (Å²) in [4.78, 5) is 12.6. The number of nitrogens with zero attached hydrogens (tertiary/aromatic N) is 2. The zero-order valence-electron chi connectivity index (χ0n) is 15.3. The molecule has 1 atom stereocenters. The van der Waals surface area contributed by atoms with Gasteiger partial charge in [0.15, 0.2) is 5.76 Å². The van der Waals surface area contributed by atoms with Gasteiger partial charge in [-0.3, -0.25) is 4.79 Å². The van der Waals surface area contributed by atoms with Gasteiger partial charge >= 0.3 is 0 Å². The van der Waals surface area contributed by atoms with Gasteiger partial charge < -0.3 is 9.73 Å². The summed E-state index contributed by atoms with van der Waals surface area (Å²) in [6.45, 7) is 6.49. The molecule has 0 saturated heterocycles. The van der Waals surface area contributed by atoms with E-state index in [4.69, 9.17) is 9.52 Å². The molecule has 5 nitrogen and oxygen atoms in total. The molecule has 2 heterocycles. The lowest BCUT2D eigenvalue weighted by Crippen LogP contribution is -2.37. The van der Waals surface area contributed by atoms with E-state index in [-0.39, 0.29) is 17.4 Å². The molecule has 26 heavy (non-hydrogen) atoms. The number of aryl methyl sites for hydroxylation is 1. The van der Waals surface area contributed by atoms with Crippen molar-refractivity contribution in [1.82, 2.24) is 15.1 Å². The number of amides is 1. The average Bonchev–Trinajstić information content (AvgIpc) is 3.23. The van der Waals surface area contributed by atoms with Crippen molar-refractivity contribution < 1.29 is 9.21 Å². The molecule has 5 heteroatoms. The zero-order chi connectivity index (χ0) is 18.3. The van der Waals surface area contributed by atoms with Gasteiger partial charge in [-0.25, -0.2) is 4.68 Å². The van der Waals surface area contributed by atoms with Crippen LogP contribution < -0.4 is 5.32 Å². The third-order valence-corrected chi connectivity index (χ3v) is 5.01. The number of hydrogen-bond donors (Lipinski definition) is 1. The normalized spacial score (nSPS) is 18.3. The summed E-state index contributed by atoms with van der Waals surface area (Å²) in [6.07, 6.45) is 3.31. The molecule has 1 amide bonds. The number of carbonyl (C=O) groups is 1. The SMILES string of the molecule is Cc1nn(-c2ccccc2)c2c1C(NC(=O)c1ccco1)CC(C)(C)C2. The summed E-state index contributed by atoms with van der Waals surface area (Å²) in [5.74, 6) is 0.151. The Labute approximate surface area is 153 Å². The van der Waals surface area contributed by atoms with Gasteiger partial charge in [-0.15, -0.1) is 0 Å². The van der Waals surface area contributed by atoms with Crippen LogP contribution in [0.5, 0.6) is 0 Å². The molecule has 1 unspecified atom stereocenters. The molecule has 3 aromatic rings. The minimum Gasteiger partial charge on any atom is -0.459 e. The van der Waals surface area contributed by atoms with Gasteiger partial charge in [0.2, 0.25) is 0 Å². The largest absolute Gasteiger partial charge is 0.459 e. The number of para-hydroxylation sites is 1. The summed E-state index contributed by atoms with van der Waals surface area (Å²) in [5, 5.41) is 7.94. The number of furan rings is 1. The Morgan fingerprint density at radius 3 is 2.69 bits per heavy atom. The van der Waals surface area contributed by atoms with Crippen LogP contribution in [0.4, 0.5) is 0 Å². The Morgan fingerprint density at radius 1 is 1.23 bits per heavy atom. The van der Waals surface area contributed by atoms with Crippen LogP contribution in [0.25, 0.3) is 5.69 Å². The number of carbonyl (C=O) groups excluding carboxylic acids is 1. The minimum atomic E-state index is -0.185. The highest BCUT2D eigenvalue weighted by molar-refractivity contribution is 5.91. The van der Waals surface area contributed by atoms with Crippen LogP contribution in [0, 0.1) is 12.3 Å². The topological polar surface area (TPSA) is 60.1 Å². The number of aromatic nitrogens is 2. The first-order chi connectivity index (χ1) is 12.4. The Bertz CT molecular complexity index is 924. The number of benzene rings is 1. The fourth-order valence-electron chi connectivity index (χ4n) is 3.93. The summed E-state index contributed by atoms with van der Waals surface area (Å²) < 4.78 is 7.27. The Morgan fingerprint density at radius 2 is 2.00 bits per heavy atom. The lowest BCUT2D eigenvalue weighted by atomic mass is 9.73. The fourth-order valence-corrected chi connectivity index (χ4v) is 3.93. The molecule has 0 fully saturated rings. The van der Waals surface area contributed by atoms with Gasteiger partial charge in [-0.05, 0) is 49.4 Å². The van der Waals surface area contributed by atoms with E-state index in [2.05, 4.69) is 31.3 Å². The lowest BCUT2D eigenvalue weighted by Gasteiger charge is -2.36. The quantitative estimate of drug-likeness (QED) is 0.770. The number of nitrogens with one attached hydrogen (secondary N) is 1. The van der Waals surface area contributed by atoms with E-state index in [0.29, 0.717) is 5.76 Å². The zero-order valence-corrected chi connectivity index (χ0v) is 15.3. The molecule has 1 aliphatic rings. The fraction of sp³-hybridized carbons (Fsp3) is 0.333. The van der Waals surface area contributed by atoms with Crippen LogP contribution in [-0.2, 0) is 6.42 Å². The maximum absolute atomic E-state index is 12.6. The van der Waals surface area contributed by atoms with Crippen LogP contribution >= 0.6 is 0 Å². The molecule has 0 bridgehead atoms. The second-order valence-electron chi connectivity index (χ2n) is 7.74. The van der Waals surface area contributed by atoms with Crippen molar-refractivity contribution >= 4 is 5.91 Å². The first kappa shape index (κ1) is 16.6. The van der Waals surface area contributed by atoms with E-state index in [1.54, 1.807) is 12.1 Å². The highest BCUT2D eigenvalue weighted by Gasteiger charge is 2.37. The number of rotatable bonds is 3. The van der Waals surface area contributed by atoms with Gasteiger partial charge in [0, 0.05) is 5.56 Å². The van der Waals surface area contributed by atoms with Crippen LogP contribution in [0.3, 0.4) is 0 Å². The summed E-state index contributed by atoms with van der Waals surface area (Å²) in [5.41, 5.74) is 4.38. The number of hydrogen-bond acceptors (Lipinski definition) is 3. The molecule has 0 saturated carbocycles. The van der Waals surface area contributed by atoms with Gasteiger partial charge in [-0.2, -0.15) is 5.10 Å². The molecule has 1 N–H and O–H groups in total. The Hall–Kier alpha value is -2.82. The van der Waals surface area contributed by atoms with E-state index in [9.17, 15) is 4.79 Å². The molecule has 4 rings (SSSR count). The van der Waals surface area contributed by atoms with Gasteiger partial charge in [-0.1, -0.05) is 32.0 Å². The number of fused-ring (bicyclic) bond motifs is 1. The van der Waals surface area contributed by atoms with Crippen LogP contribution in [0.2, 0.25) is 0 Å². The van der Waals surface area contributed by atoms with Crippen LogP contribution in [-0.4, -0.2) is 15.7 Å². The van der Waals surface area contributed by atoms with Gasteiger partial charge in [0.25, 0.3) is 5.91 Å². The highest BCUT2D eigenvalue weighted by atomic mass is 16.3. The maximum Gasteiger partial charge on any atom is 0.287 e. The third-order valence-electron chi connectivity index (χ3n) is 5.01. The van der Waals surface area contributed by atoms with E-state index >= 15 is 0 Å². The van der Waals surface area contributed by atoms with Crippen molar-refractivity contribution in [2.75, 3.05) is 0 Å². The molecule has 0 radical (unpaired) electrons. The van der Waals surface area contributed by atoms with E-state index in [0.717, 1.165) is 29.8 Å². The molecular formula is C21H23N3O2. The first-order valence-corrected chi connectivity index (χ1v) is 8.93. The second kappa shape index (κ2) is 6.16. The van der Waals surface area contributed by atoms with Crippen LogP contribution in [0.1, 0.15) is 53.8 Å². The van der Waals surface area contributed by atoms with Crippen molar-refractivity contribution in [3.05, 3.63) is 71.4 Å². The average molecular weight is 349 g/mol. The summed E-state index contributed by atoms with van der Waals surface area (Å²) in [6, 6.07) is 13.5. The van der Waals surface area contributed by atoms with Crippen molar-refractivity contribution in [3.63, 3.8) is 0 Å². The maximum atomic E-state index is 12.6. The molecule has 1 aromatic carbocycles. The minimum absolute atomic E-state index is 0.0626. The molecule has 1 aliphatic carbocycles. The predicted molar refractivity (Wildman–Crippen MR) is 99.3 cm³/mol. The predicted octanol–water partition coefficient (Wildman–Crippen LogP) is 4.22. The van der Waals surface area contributed by atoms with Crippen LogP contribution in [0.15, 0.2) is 53.1 Å². The standard InChI is InChI=1S/C21H23N3O2/c1-14-19-16(22-20(25)18-10-7-11-26-18)12-21(2,3)13-17(19)24(23-14)15-8-5-4-6-9-15/h4-11,16H,12-13H2,1-3H3,(H,22,25). The molecule has 0 spiro atoms.